The molecule has 0 aliphatic carbocycles. The molecule has 0 amide bonds. The van der Waals surface area contributed by atoms with E-state index < -0.39 is 10.1 Å². The number of rotatable bonds is 16. The van der Waals surface area contributed by atoms with Gasteiger partial charge in [-0.15, -0.1) is 0 Å². The maximum absolute atomic E-state index is 10.7. The quantitative estimate of drug-likeness (QED) is 0.254. The van der Waals surface area contributed by atoms with Gasteiger partial charge in [-0.2, -0.15) is 8.42 Å². The summed E-state index contributed by atoms with van der Waals surface area (Å²) in [7, 11) is 0.428. The molecule has 23 heavy (non-hydrogen) atoms. The fourth-order valence-corrected chi connectivity index (χ4v) is 3.35. The number of aliphatic hydroxyl groups excluding tert-OH is 1. The maximum atomic E-state index is 10.7. The Kier molecular flexibility index (Phi) is 13.1. The molecule has 0 aliphatic rings. The van der Waals surface area contributed by atoms with Crippen LogP contribution in [0.2, 0.25) is 0 Å². The van der Waals surface area contributed by atoms with Gasteiger partial charge in [-0.3, -0.25) is 4.55 Å². The number of aliphatic hydroxyl groups is 1. The van der Waals surface area contributed by atoms with Crippen molar-refractivity contribution in [3.63, 3.8) is 0 Å². The fourth-order valence-electron chi connectivity index (χ4n) is 2.85. The van der Waals surface area contributed by atoms with Crippen LogP contribution in [0, 0.1) is 0 Å². The maximum Gasteiger partial charge on any atom is 0.265 e. The molecule has 0 aromatic heterocycles. The summed E-state index contributed by atoms with van der Waals surface area (Å²) >= 11 is 0. The second kappa shape index (κ2) is 13.2. The third kappa shape index (κ3) is 18.0. The molecular formula is C17H38NO4S+. The van der Waals surface area contributed by atoms with E-state index in [0.717, 1.165) is 30.4 Å². The molecule has 5 nitrogen and oxygen atoms in total. The molecule has 0 fully saturated rings. The standard InChI is InChI=1S/C17H37NO4S/c1-18(2,15-13-17-23(20,21)22)14-11-9-7-5-3-4-6-8-10-12-16-19/h19H,3-17H2,1-2H3/p+1. The molecule has 0 aromatic rings. The number of hydrogen-bond acceptors (Lipinski definition) is 3. The van der Waals surface area contributed by atoms with Gasteiger partial charge in [0.2, 0.25) is 0 Å². The van der Waals surface area contributed by atoms with E-state index in [4.69, 9.17) is 9.66 Å². The van der Waals surface area contributed by atoms with Crippen molar-refractivity contribution < 1.29 is 22.6 Å². The smallest absolute Gasteiger partial charge is 0.265 e. The van der Waals surface area contributed by atoms with Crippen LogP contribution in [0.5, 0.6) is 0 Å². The lowest BCUT2D eigenvalue weighted by atomic mass is 10.1. The zero-order valence-electron chi connectivity index (χ0n) is 15.2. The molecule has 0 saturated carbocycles. The molecule has 2 N–H and O–H groups in total. The van der Waals surface area contributed by atoms with Gasteiger partial charge < -0.3 is 9.59 Å². The van der Waals surface area contributed by atoms with Gasteiger partial charge in [-0.25, -0.2) is 0 Å². The number of hydrogen-bond donors (Lipinski definition) is 2. The fraction of sp³-hybridized carbons (Fsp3) is 1.00. The van der Waals surface area contributed by atoms with Crippen molar-refractivity contribution in [3.05, 3.63) is 0 Å². The SMILES string of the molecule is C[N+](C)(CCCCCCCCCCCCO)CCCS(=O)(=O)O. The van der Waals surface area contributed by atoms with E-state index in [2.05, 4.69) is 14.1 Å². The molecule has 0 aliphatic heterocycles. The molecule has 0 unspecified atom stereocenters. The molecule has 6 heteroatoms. The summed E-state index contributed by atoms with van der Waals surface area (Å²) in [4.78, 5) is 0. The van der Waals surface area contributed by atoms with E-state index in [9.17, 15) is 8.42 Å². The van der Waals surface area contributed by atoms with Crippen molar-refractivity contribution in [2.75, 3.05) is 39.5 Å². The largest absolute Gasteiger partial charge is 0.396 e. The Balaban J connectivity index is 3.42. The number of unbranched alkanes of at least 4 members (excludes halogenated alkanes) is 9. The number of quaternary nitrogens is 1. The van der Waals surface area contributed by atoms with Crippen LogP contribution in [0.4, 0.5) is 0 Å². The highest BCUT2D eigenvalue weighted by Gasteiger charge is 2.16. The van der Waals surface area contributed by atoms with Crippen molar-refractivity contribution in [2.45, 2.75) is 70.6 Å². The van der Waals surface area contributed by atoms with E-state index in [1.54, 1.807) is 0 Å². The van der Waals surface area contributed by atoms with Crippen molar-refractivity contribution in [2.24, 2.45) is 0 Å². The first kappa shape index (κ1) is 22.8. The van der Waals surface area contributed by atoms with Gasteiger partial charge in [-0.05, 0) is 19.3 Å². The lowest BCUT2D eigenvalue weighted by Crippen LogP contribution is -2.41. The van der Waals surface area contributed by atoms with Crippen molar-refractivity contribution in [3.8, 4) is 0 Å². The highest BCUT2D eigenvalue weighted by molar-refractivity contribution is 7.85. The summed E-state index contributed by atoms with van der Waals surface area (Å²) in [6.45, 7) is 2.17. The minimum Gasteiger partial charge on any atom is -0.396 e. The van der Waals surface area contributed by atoms with Crippen LogP contribution in [0.3, 0.4) is 0 Å². The Bertz CT molecular complexity index is 369. The van der Waals surface area contributed by atoms with E-state index in [0.29, 0.717) is 13.0 Å². The number of nitrogens with zero attached hydrogens (tertiary/aromatic N) is 1. The van der Waals surface area contributed by atoms with E-state index >= 15 is 0 Å². The van der Waals surface area contributed by atoms with Crippen LogP contribution in [0.1, 0.15) is 70.6 Å². The van der Waals surface area contributed by atoms with Crippen LogP contribution < -0.4 is 0 Å². The monoisotopic (exact) mass is 352 g/mol. The average molecular weight is 353 g/mol. The van der Waals surface area contributed by atoms with E-state index in [1.807, 2.05) is 0 Å². The molecule has 0 radical (unpaired) electrons. The highest BCUT2D eigenvalue weighted by atomic mass is 32.2. The summed E-state index contributed by atoms with van der Waals surface area (Å²) < 4.78 is 31.0. The van der Waals surface area contributed by atoms with Crippen molar-refractivity contribution in [1.29, 1.82) is 0 Å². The van der Waals surface area contributed by atoms with Gasteiger partial charge in [0.1, 0.15) is 0 Å². The van der Waals surface area contributed by atoms with Crippen LogP contribution in [0.15, 0.2) is 0 Å². The summed E-state index contributed by atoms with van der Waals surface area (Å²) in [5.41, 5.74) is 0. The van der Waals surface area contributed by atoms with Gasteiger partial charge in [0.15, 0.2) is 0 Å². The Morgan fingerprint density at radius 2 is 1.09 bits per heavy atom. The predicted molar refractivity (Wildman–Crippen MR) is 96.1 cm³/mol. The molecule has 140 valence electrons. The lowest BCUT2D eigenvalue weighted by Gasteiger charge is -2.29. The molecule has 0 atom stereocenters. The minimum atomic E-state index is -3.81. The zero-order valence-corrected chi connectivity index (χ0v) is 16.0. The molecular weight excluding hydrogens is 314 g/mol. The first-order chi connectivity index (χ1) is 10.8. The van der Waals surface area contributed by atoms with Crippen LogP contribution >= 0.6 is 0 Å². The Labute approximate surface area is 143 Å². The molecule has 0 aromatic carbocycles. The van der Waals surface area contributed by atoms with Gasteiger partial charge in [-0.1, -0.05) is 44.9 Å². The zero-order chi connectivity index (χ0) is 17.6. The minimum absolute atomic E-state index is 0.132. The normalized spacial score (nSPS) is 12.7. The van der Waals surface area contributed by atoms with Crippen molar-refractivity contribution >= 4 is 10.1 Å². The van der Waals surface area contributed by atoms with E-state index in [1.165, 1.54) is 51.4 Å². The van der Waals surface area contributed by atoms with E-state index in [-0.39, 0.29) is 5.75 Å². The molecule has 0 saturated heterocycles. The van der Waals surface area contributed by atoms with Crippen LogP contribution in [-0.2, 0) is 10.1 Å². The van der Waals surface area contributed by atoms with Gasteiger partial charge in [0.05, 0.1) is 32.9 Å². The van der Waals surface area contributed by atoms with Crippen molar-refractivity contribution in [1.82, 2.24) is 0 Å². The Hall–Kier alpha value is -0.170. The third-order valence-corrected chi connectivity index (χ3v) is 5.14. The van der Waals surface area contributed by atoms with Gasteiger partial charge in [0, 0.05) is 13.0 Å². The Morgan fingerprint density at radius 3 is 1.52 bits per heavy atom. The van der Waals surface area contributed by atoms with Crippen LogP contribution in [-0.4, -0.2) is 62.1 Å². The summed E-state index contributed by atoms with van der Waals surface area (Å²) in [5, 5.41) is 8.69. The summed E-state index contributed by atoms with van der Waals surface area (Å²) in [6, 6.07) is 0. The summed E-state index contributed by atoms with van der Waals surface area (Å²) in [5.74, 6) is -0.132. The van der Waals surface area contributed by atoms with Gasteiger partial charge >= 0.3 is 0 Å². The first-order valence-corrected chi connectivity index (χ1v) is 10.8. The summed E-state index contributed by atoms with van der Waals surface area (Å²) in [6.07, 6.45) is 12.8. The average Bonchev–Trinajstić information content (AvgIpc) is 2.43. The third-order valence-electron chi connectivity index (χ3n) is 4.34. The molecule has 0 bridgehead atoms. The second-order valence-corrected chi connectivity index (χ2v) is 8.85. The lowest BCUT2D eigenvalue weighted by molar-refractivity contribution is -0.890. The van der Waals surface area contributed by atoms with Gasteiger partial charge in [0.25, 0.3) is 10.1 Å². The second-order valence-electron chi connectivity index (χ2n) is 7.28. The molecule has 0 spiro atoms. The molecule has 0 rings (SSSR count). The molecule has 0 heterocycles. The topological polar surface area (TPSA) is 74.6 Å². The predicted octanol–water partition coefficient (Wildman–Crippen LogP) is 3.23. The van der Waals surface area contributed by atoms with Crippen LogP contribution in [0.25, 0.3) is 0 Å². The highest BCUT2D eigenvalue weighted by Crippen LogP contribution is 2.12. The Morgan fingerprint density at radius 1 is 0.696 bits per heavy atom. The first-order valence-electron chi connectivity index (χ1n) is 9.15.